The van der Waals surface area contributed by atoms with Crippen molar-refractivity contribution in [3.63, 3.8) is 0 Å². The molecule has 3 aromatic carbocycles. The number of benzene rings is 3. The minimum atomic E-state index is -3.25. The Morgan fingerprint density at radius 2 is 1.62 bits per heavy atom. The normalized spacial score (nSPS) is 11.3. The number of ether oxygens (including phenoxy) is 3. The van der Waals surface area contributed by atoms with Crippen molar-refractivity contribution in [1.29, 1.82) is 0 Å². The van der Waals surface area contributed by atoms with E-state index in [1.54, 1.807) is 18.2 Å². The summed E-state index contributed by atoms with van der Waals surface area (Å²) in [5.74, 6) is 2.57. The lowest BCUT2D eigenvalue weighted by Crippen LogP contribution is -2.04. The monoisotopic (exact) mass is 569 g/mol. The number of hydrogen-bond donors (Lipinski definition) is 2. The SMILES string of the molecule is CCCc1cc(Oc2ccc(S(C)(=O)=O)cc2)ccc1OCCCCOc1cccc(-c2sc(=O)[nH]c2O)c1. The van der Waals surface area contributed by atoms with Gasteiger partial charge >= 0.3 is 4.87 Å². The maximum Gasteiger partial charge on any atom is 0.307 e. The van der Waals surface area contributed by atoms with Crippen molar-refractivity contribution in [3.05, 3.63) is 82.0 Å². The topological polar surface area (TPSA) is 115 Å². The maximum absolute atomic E-state index is 11.7. The Hall–Kier alpha value is -3.76. The second kappa shape index (κ2) is 12.9. The van der Waals surface area contributed by atoms with Gasteiger partial charge in [0.2, 0.25) is 5.88 Å². The van der Waals surface area contributed by atoms with Crippen LogP contribution in [-0.4, -0.2) is 38.0 Å². The van der Waals surface area contributed by atoms with Crippen LogP contribution in [0.5, 0.6) is 28.9 Å². The number of aromatic nitrogens is 1. The zero-order chi connectivity index (χ0) is 27.8. The Bertz CT molecular complexity index is 1560. The number of unbranched alkanes of at least 4 members (excludes halogenated alkanes) is 1. The molecule has 0 atom stereocenters. The van der Waals surface area contributed by atoms with Crippen molar-refractivity contribution in [3.8, 4) is 39.3 Å². The Kier molecular flexibility index (Phi) is 9.32. The summed E-state index contributed by atoms with van der Waals surface area (Å²) >= 11 is 0.955. The third kappa shape index (κ3) is 7.87. The lowest BCUT2D eigenvalue weighted by Gasteiger charge is -2.14. The van der Waals surface area contributed by atoms with E-state index in [0.717, 1.165) is 53.9 Å². The summed E-state index contributed by atoms with van der Waals surface area (Å²) in [4.78, 5) is 14.3. The summed E-state index contributed by atoms with van der Waals surface area (Å²) in [5.41, 5.74) is 1.77. The van der Waals surface area contributed by atoms with Gasteiger partial charge < -0.3 is 19.3 Å². The Morgan fingerprint density at radius 3 is 2.28 bits per heavy atom. The number of aromatic hydroxyl groups is 1. The summed E-state index contributed by atoms with van der Waals surface area (Å²) in [6, 6.07) is 19.3. The van der Waals surface area contributed by atoms with Crippen molar-refractivity contribution >= 4 is 21.2 Å². The predicted molar refractivity (Wildman–Crippen MR) is 152 cm³/mol. The van der Waals surface area contributed by atoms with Gasteiger partial charge in [-0.25, -0.2) is 8.42 Å². The third-order valence-corrected chi connectivity index (χ3v) is 7.88. The van der Waals surface area contributed by atoms with Gasteiger partial charge in [-0.1, -0.05) is 36.8 Å². The molecule has 0 radical (unpaired) electrons. The molecule has 10 heteroatoms. The number of H-pyrrole nitrogens is 1. The van der Waals surface area contributed by atoms with E-state index >= 15 is 0 Å². The van der Waals surface area contributed by atoms with Gasteiger partial charge in [-0.2, -0.15) is 0 Å². The molecule has 4 aromatic rings. The van der Waals surface area contributed by atoms with Gasteiger partial charge in [0.05, 0.1) is 23.0 Å². The molecule has 0 aliphatic rings. The van der Waals surface area contributed by atoms with Crippen molar-refractivity contribution < 1.29 is 27.7 Å². The van der Waals surface area contributed by atoms with Crippen LogP contribution in [0.4, 0.5) is 0 Å². The fraction of sp³-hybridized carbons (Fsp3) is 0.276. The molecule has 1 heterocycles. The largest absolute Gasteiger partial charge is 0.494 e. The lowest BCUT2D eigenvalue weighted by atomic mass is 10.1. The first kappa shape index (κ1) is 28.3. The summed E-state index contributed by atoms with van der Waals surface area (Å²) in [6.07, 6.45) is 4.56. The van der Waals surface area contributed by atoms with Gasteiger partial charge in [0.15, 0.2) is 9.84 Å². The maximum atomic E-state index is 11.7. The summed E-state index contributed by atoms with van der Waals surface area (Å²) < 4.78 is 41.2. The van der Waals surface area contributed by atoms with Gasteiger partial charge in [-0.15, -0.1) is 0 Å². The molecule has 0 aliphatic heterocycles. The molecule has 0 amide bonds. The predicted octanol–water partition coefficient (Wildman–Crippen LogP) is 6.20. The molecule has 0 unspecified atom stereocenters. The molecular weight excluding hydrogens is 538 g/mol. The fourth-order valence-electron chi connectivity index (χ4n) is 3.93. The Labute approximate surface area is 231 Å². The molecule has 0 saturated heterocycles. The first-order valence-electron chi connectivity index (χ1n) is 12.6. The molecule has 0 bridgehead atoms. The van der Waals surface area contributed by atoms with Crippen LogP contribution in [0.1, 0.15) is 31.7 Å². The van der Waals surface area contributed by atoms with Crippen molar-refractivity contribution in [2.75, 3.05) is 19.5 Å². The first-order chi connectivity index (χ1) is 18.7. The van der Waals surface area contributed by atoms with E-state index in [2.05, 4.69) is 11.9 Å². The number of thiazole rings is 1. The average Bonchev–Trinajstić information content (AvgIpc) is 3.25. The van der Waals surface area contributed by atoms with Crippen LogP contribution in [0.15, 0.2) is 76.4 Å². The van der Waals surface area contributed by atoms with E-state index in [-0.39, 0.29) is 15.6 Å². The van der Waals surface area contributed by atoms with Gasteiger partial charge in [0.1, 0.15) is 23.0 Å². The molecule has 8 nitrogen and oxygen atoms in total. The van der Waals surface area contributed by atoms with Crippen LogP contribution in [0.2, 0.25) is 0 Å². The Morgan fingerprint density at radius 1 is 0.897 bits per heavy atom. The highest BCUT2D eigenvalue weighted by molar-refractivity contribution is 7.90. The van der Waals surface area contributed by atoms with Gasteiger partial charge in [-0.05, 0) is 79.4 Å². The molecule has 1 aromatic heterocycles. The summed E-state index contributed by atoms with van der Waals surface area (Å²) in [6.45, 7) is 3.15. The number of hydrogen-bond acceptors (Lipinski definition) is 8. The van der Waals surface area contributed by atoms with E-state index in [9.17, 15) is 18.3 Å². The zero-order valence-electron chi connectivity index (χ0n) is 21.8. The van der Waals surface area contributed by atoms with E-state index in [1.807, 2.05) is 36.4 Å². The highest BCUT2D eigenvalue weighted by Crippen LogP contribution is 2.32. The van der Waals surface area contributed by atoms with E-state index in [4.69, 9.17) is 14.2 Å². The van der Waals surface area contributed by atoms with Crippen LogP contribution in [0.3, 0.4) is 0 Å². The van der Waals surface area contributed by atoms with E-state index in [1.165, 1.54) is 18.4 Å². The number of sulfone groups is 1. The summed E-state index contributed by atoms with van der Waals surface area (Å²) in [5, 5.41) is 9.89. The number of rotatable bonds is 13. The molecule has 0 spiro atoms. The molecular formula is C29H31NO7S2. The molecule has 0 fully saturated rings. The zero-order valence-corrected chi connectivity index (χ0v) is 23.4. The number of aromatic amines is 1. The average molecular weight is 570 g/mol. The van der Waals surface area contributed by atoms with Gasteiger partial charge in [0.25, 0.3) is 0 Å². The van der Waals surface area contributed by atoms with Gasteiger partial charge in [-0.3, -0.25) is 9.78 Å². The molecule has 2 N–H and O–H groups in total. The molecule has 0 saturated carbocycles. The number of nitrogens with one attached hydrogen (secondary N) is 1. The minimum Gasteiger partial charge on any atom is -0.494 e. The van der Waals surface area contributed by atoms with Crippen molar-refractivity contribution in [1.82, 2.24) is 4.98 Å². The van der Waals surface area contributed by atoms with Crippen LogP contribution in [0.25, 0.3) is 10.4 Å². The molecule has 4 rings (SSSR count). The molecule has 0 aliphatic carbocycles. The lowest BCUT2D eigenvalue weighted by molar-refractivity contribution is 0.265. The van der Waals surface area contributed by atoms with Gasteiger partial charge in [0, 0.05) is 11.8 Å². The van der Waals surface area contributed by atoms with E-state index in [0.29, 0.717) is 35.3 Å². The van der Waals surface area contributed by atoms with Crippen LogP contribution >= 0.6 is 11.3 Å². The minimum absolute atomic E-state index is 0.135. The third-order valence-electron chi connectivity index (χ3n) is 5.83. The Balaban J connectivity index is 1.26. The van der Waals surface area contributed by atoms with Crippen molar-refractivity contribution in [2.24, 2.45) is 0 Å². The smallest absolute Gasteiger partial charge is 0.307 e. The second-order valence-corrected chi connectivity index (χ2v) is 12.0. The first-order valence-corrected chi connectivity index (χ1v) is 15.3. The second-order valence-electron chi connectivity index (χ2n) is 8.99. The van der Waals surface area contributed by atoms with Crippen LogP contribution in [-0.2, 0) is 16.3 Å². The van der Waals surface area contributed by atoms with Crippen molar-refractivity contribution in [2.45, 2.75) is 37.5 Å². The van der Waals surface area contributed by atoms with Crippen LogP contribution < -0.4 is 19.1 Å². The standard InChI is InChI=1S/C29H31NO7S2/c1-3-7-20-18-24(37-22-10-13-25(14-11-22)39(2,33)34)12-15-26(20)36-17-5-4-16-35-23-9-6-8-21(19-23)27-28(31)30-29(32)38-27/h6,8-15,18-19,31H,3-5,7,16-17H2,1-2H3,(H,30,32). The summed E-state index contributed by atoms with van der Waals surface area (Å²) in [7, 11) is -3.25. The fourth-order valence-corrected chi connectivity index (χ4v) is 5.29. The molecule has 39 heavy (non-hydrogen) atoms. The van der Waals surface area contributed by atoms with Crippen LogP contribution in [0, 0.1) is 0 Å². The highest BCUT2D eigenvalue weighted by Gasteiger charge is 2.11. The quantitative estimate of drug-likeness (QED) is 0.184. The highest BCUT2D eigenvalue weighted by atomic mass is 32.2. The number of aryl methyl sites for hydroxylation is 1. The molecule has 206 valence electrons. The van der Waals surface area contributed by atoms with E-state index < -0.39 is 9.84 Å².